The van der Waals surface area contributed by atoms with Crippen molar-refractivity contribution in [2.75, 3.05) is 0 Å². The van der Waals surface area contributed by atoms with Gasteiger partial charge in [0.1, 0.15) is 10.6 Å². The minimum atomic E-state index is -0.750. The van der Waals surface area contributed by atoms with Crippen molar-refractivity contribution in [3.05, 3.63) is 23.4 Å². The highest BCUT2D eigenvalue weighted by atomic mass is 35.5. The van der Waals surface area contributed by atoms with E-state index < -0.39 is 11.5 Å². The van der Waals surface area contributed by atoms with E-state index in [1.807, 2.05) is 6.07 Å². The Morgan fingerprint density at radius 1 is 1.50 bits per heavy atom. The van der Waals surface area contributed by atoms with Crippen LogP contribution in [0.1, 0.15) is 32.1 Å². The van der Waals surface area contributed by atoms with E-state index in [2.05, 4.69) is 10.3 Å². The van der Waals surface area contributed by atoms with Gasteiger partial charge in [0.15, 0.2) is 0 Å². The van der Waals surface area contributed by atoms with E-state index in [4.69, 9.17) is 11.6 Å². The van der Waals surface area contributed by atoms with Crippen LogP contribution in [0.2, 0.25) is 5.02 Å². The van der Waals surface area contributed by atoms with Crippen LogP contribution in [0.5, 0.6) is 0 Å². The van der Waals surface area contributed by atoms with Crippen molar-refractivity contribution in [2.24, 2.45) is 0 Å². The Morgan fingerprint density at radius 3 is 2.95 bits per heavy atom. The number of carbonyl (C=O) groups is 1. The van der Waals surface area contributed by atoms with Gasteiger partial charge in [-0.1, -0.05) is 11.6 Å². The minimum Gasteiger partial charge on any atom is -0.480 e. The molecule has 0 spiro atoms. The fourth-order valence-electron chi connectivity index (χ4n) is 2.72. The van der Waals surface area contributed by atoms with Gasteiger partial charge in [-0.2, -0.15) is 0 Å². The Bertz CT molecular complexity index is 524. The molecule has 0 aliphatic heterocycles. The summed E-state index contributed by atoms with van der Waals surface area (Å²) in [6.45, 7) is 0. The van der Waals surface area contributed by atoms with Crippen LogP contribution in [0.4, 0.5) is 0 Å². The molecule has 108 valence electrons. The summed E-state index contributed by atoms with van der Waals surface area (Å²) in [5, 5.41) is 14.6. The monoisotopic (exact) mass is 312 g/mol. The maximum atomic E-state index is 11.6. The zero-order valence-corrected chi connectivity index (χ0v) is 12.6. The number of carboxylic acid groups (broad SMARTS) is 1. The summed E-state index contributed by atoms with van der Waals surface area (Å²) in [6.07, 6.45) is 6.11. The fourth-order valence-corrected chi connectivity index (χ4v) is 4.20. The molecule has 2 aliphatic carbocycles. The molecule has 2 saturated carbocycles. The zero-order chi connectivity index (χ0) is 14.2. The first-order chi connectivity index (χ1) is 9.59. The summed E-state index contributed by atoms with van der Waals surface area (Å²) in [4.78, 5) is 15.9. The summed E-state index contributed by atoms with van der Waals surface area (Å²) in [7, 11) is 0. The Kier molecular flexibility index (Phi) is 3.93. The average Bonchev–Trinajstić information content (AvgIpc) is 3.12. The van der Waals surface area contributed by atoms with E-state index in [0.29, 0.717) is 23.9 Å². The molecule has 2 N–H and O–H groups in total. The van der Waals surface area contributed by atoms with Crippen LogP contribution >= 0.6 is 23.4 Å². The van der Waals surface area contributed by atoms with Crippen molar-refractivity contribution in [1.29, 1.82) is 0 Å². The van der Waals surface area contributed by atoms with Crippen LogP contribution < -0.4 is 5.32 Å². The van der Waals surface area contributed by atoms with E-state index in [1.165, 1.54) is 0 Å². The second-order valence-corrected chi connectivity index (χ2v) is 7.28. The lowest BCUT2D eigenvalue weighted by Gasteiger charge is -2.26. The van der Waals surface area contributed by atoms with Gasteiger partial charge in [0.25, 0.3) is 0 Å². The lowest BCUT2D eigenvalue weighted by atomic mass is 9.98. The first kappa shape index (κ1) is 14.2. The van der Waals surface area contributed by atoms with Crippen molar-refractivity contribution in [3.63, 3.8) is 0 Å². The molecule has 0 amide bonds. The van der Waals surface area contributed by atoms with Gasteiger partial charge in [-0.05, 0) is 44.2 Å². The van der Waals surface area contributed by atoms with Gasteiger partial charge in [0.05, 0.1) is 5.02 Å². The number of hydrogen-bond acceptors (Lipinski definition) is 4. The first-order valence-electron chi connectivity index (χ1n) is 6.87. The van der Waals surface area contributed by atoms with Crippen LogP contribution in [0.15, 0.2) is 23.4 Å². The predicted molar refractivity (Wildman–Crippen MR) is 79.3 cm³/mol. The van der Waals surface area contributed by atoms with Crippen molar-refractivity contribution in [3.8, 4) is 0 Å². The van der Waals surface area contributed by atoms with Crippen molar-refractivity contribution < 1.29 is 9.90 Å². The topological polar surface area (TPSA) is 62.2 Å². The summed E-state index contributed by atoms with van der Waals surface area (Å²) in [5.41, 5.74) is -0.750. The minimum absolute atomic E-state index is 0.254. The highest BCUT2D eigenvalue weighted by molar-refractivity contribution is 8.00. The summed E-state index contributed by atoms with van der Waals surface area (Å²) in [5.74, 6) is -0.723. The van der Waals surface area contributed by atoms with Crippen LogP contribution in [0.25, 0.3) is 0 Å². The van der Waals surface area contributed by atoms with E-state index in [0.717, 1.165) is 24.3 Å². The molecule has 0 bridgehead atoms. The molecule has 2 aliphatic rings. The van der Waals surface area contributed by atoms with E-state index >= 15 is 0 Å². The third-order valence-corrected chi connectivity index (χ3v) is 5.64. The molecule has 3 rings (SSSR count). The van der Waals surface area contributed by atoms with Crippen LogP contribution in [0, 0.1) is 0 Å². The molecule has 1 heterocycles. The number of nitrogens with zero attached hydrogens (tertiary/aromatic N) is 1. The maximum Gasteiger partial charge on any atom is 0.323 e. The SMILES string of the molecule is O=C(O)C1(NC2CC2)CCC(Sc2ncccc2Cl)C1. The van der Waals surface area contributed by atoms with Crippen molar-refractivity contribution in [2.45, 2.75) is 54.0 Å². The molecule has 0 saturated heterocycles. The first-order valence-corrected chi connectivity index (χ1v) is 8.13. The number of nitrogens with one attached hydrogen (secondary N) is 1. The molecule has 1 aromatic rings. The largest absolute Gasteiger partial charge is 0.480 e. The average molecular weight is 313 g/mol. The van der Waals surface area contributed by atoms with Crippen LogP contribution in [0.3, 0.4) is 0 Å². The van der Waals surface area contributed by atoms with Gasteiger partial charge in [0, 0.05) is 17.5 Å². The number of hydrogen-bond donors (Lipinski definition) is 2. The van der Waals surface area contributed by atoms with Gasteiger partial charge in [-0.15, -0.1) is 11.8 Å². The number of rotatable bonds is 5. The molecule has 0 aromatic carbocycles. The third kappa shape index (κ3) is 2.95. The molecule has 20 heavy (non-hydrogen) atoms. The van der Waals surface area contributed by atoms with Gasteiger partial charge in [0.2, 0.25) is 0 Å². The molecule has 4 nitrogen and oxygen atoms in total. The van der Waals surface area contributed by atoms with Gasteiger partial charge < -0.3 is 5.11 Å². The van der Waals surface area contributed by atoms with Gasteiger partial charge in [-0.3, -0.25) is 10.1 Å². The molecule has 6 heteroatoms. The van der Waals surface area contributed by atoms with E-state index in [9.17, 15) is 9.90 Å². The van der Waals surface area contributed by atoms with Gasteiger partial charge in [-0.25, -0.2) is 4.98 Å². The lowest BCUT2D eigenvalue weighted by molar-refractivity contribution is -0.144. The standard InChI is InChI=1S/C14H17ClN2O2S/c15-11-2-1-7-16-12(11)20-10-5-6-14(8-10,13(18)19)17-9-3-4-9/h1-2,7,9-10,17H,3-6,8H2,(H,18,19). The predicted octanol–water partition coefficient (Wildman–Crippen LogP) is 2.96. The Morgan fingerprint density at radius 2 is 2.30 bits per heavy atom. The molecular formula is C14H17ClN2O2S. The third-order valence-electron chi connectivity index (χ3n) is 3.94. The molecular weight excluding hydrogens is 296 g/mol. The molecule has 2 unspecified atom stereocenters. The van der Waals surface area contributed by atoms with Gasteiger partial charge >= 0.3 is 5.97 Å². The smallest absolute Gasteiger partial charge is 0.323 e. The molecule has 2 fully saturated rings. The number of halogens is 1. The quantitative estimate of drug-likeness (QED) is 0.875. The highest BCUT2D eigenvalue weighted by Gasteiger charge is 2.48. The highest BCUT2D eigenvalue weighted by Crippen LogP contribution is 2.42. The second kappa shape index (κ2) is 5.54. The van der Waals surface area contributed by atoms with E-state index in [1.54, 1.807) is 24.0 Å². The Balaban J connectivity index is 1.68. The fraction of sp³-hybridized carbons (Fsp3) is 0.571. The Labute approximate surface area is 127 Å². The van der Waals surface area contributed by atoms with Crippen molar-refractivity contribution in [1.82, 2.24) is 10.3 Å². The lowest BCUT2D eigenvalue weighted by Crippen LogP contribution is -2.51. The summed E-state index contributed by atoms with van der Waals surface area (Å²) < 4.78 is 0. The number of thioether (sulfide) groups is 1. The van der Waals surface area contributed by atoms with E-state index in [-0.39, 0.29) is 5.25 Å². The summed E-state index contributed by atoms with van der Waals surface area (Å²) in [6, 6.07) is 4.02. The second-order valence-electron chi connectivity index (χ2n) is 5.58. The normalized spacial score (nSPS) is 29.6. The molecule has 1 aromatic heterocycles. The van der Waals surface area contributed by atoms with Crippen LogP contribution in [-0.4, -0.2) is 32.9 Å². The number of aromatic nitrogens is 1. The maximum absolute atomic E-state index is 11.6. The Hall–Kier alpha value is -0.780. The molecule has 2 atom stereocenters. The summed E-state index contributed by atoms with van der Waals surface area (Å²) >= 11 is 7.71. The number of carboxylic acids is 1. The van der Waals surface area contributed by atoms with Crippen LogP contribution in [-0.2, 0) is 4.79 Å². The number of pyridine rings is 1. The molecule has 0 radical (unpaired) electrons. The number of aliphatic carboxylic acids is 1. The zero-order valence-electron chi connectivity index (χ0n) is 11.0. The van der Waals surface area contributed by atoms with Crippen molar-refractivity contribution >= 4 is 29.3 Å².